The standard InChI is InChI=1S/C3H5N3O9/c7-1-2(8,13-4-10)3(9,14-5-11)15-6-12/h7-9H,1H2. The monoisotopic (exact) mass is 227 g/mol. The van der Waals surface area contributed by atoms with E-state index >= 15 is 0 Å². The molecule has 0 aromatic rings. The molecule has 0 saturated heterocycles. The van der Waals surface area contributed by atoms with Crippen molar-refractivity contribution in [3.8, 4) is 0 Å². The van der Waals surface area contributed by atoms with Crippen LogP contribution in [0.4, 0.5) is 0 Å². The maximum Gasteiger partial charge on any atom is 0.488 e. The second-order valence-electron chi connectivity index (χ2n) is 2.02. The second-order valence-corrected chi connectivity index (χ2v) is 2.02. The zero-order valence-electron chi connectivity index (χ0n) is 6.84. The van der Waals surface area contributed by atoms with Gasteiger partial charge in [-0.1, -0.05) is 0 Å². The van der Waals surface area contributed by atoms with Gasteiger partial charge in [-0.25, -0.2) is 0 Å². The Bertz CT molecular complexity index is 235. The minimum atomic E-state index is -3.61. The minimum absolute atomic E-state index is 1.53. The summed E-state index contributed by atoms with van der Waals surface area (Å²) in [6, 6.07) is 0. The van der Waals surface area contributed by atoms with E-state index in [1.165, 1.54) is 0 Å². The molecule has 86 valence electrons. The van der Waals surface area contributed by atoms with Gasteiger partial charge in [0.05, 0.1) is 0 Å². The van der Waals surface area contributed by atoms with Gasteiger partial charge in [-0.3, -0.25) is 9.68 Å². The minimum Gasteiger partial charge on any atom is -0.389 e. The third-order valence-electron chi connectivity index (χ3n) is 1.22. The van der Waals surface area contributed by atoms with Crippen LogP contribution in [0.15, 0.2) is 16.0 Å². The molecule has 0 rings (SSSR count). The molecule has 12 nitrogen and oxygen atoms in total. The largest absolute Gasteiger partial charge is 0.488 e. The zero-order chi connectivity index (χ0) is 11.9. The zero-order valence-corrected chi connectivity index (χ0v) is 6.84. The van der Waals surface area contributed by atoms with Gasteiger partial charge < -0.3 is 20.2 Å². The Morgan fingerprint density at radius 1 is 0.933 bits per heavy atom. The lowest BCUT2D eigenvalue weighted by Gasteiger charge is -2.30. The van der Waals surface area contributed by atoms with Crippen LogP contribution in [0.1, 0.15) is 0 Å². The van der Waals surface area contributed by atoms with E-state index in [1.807, 2.05) is 0 Å². The summed E-state index contributed by atoms with van der Waals surface area (Å²) in [4.78, 5) is 39.4. The summed E-state index contributed by atoms with van der Waals surface area (Å²) in [6.45, 7) is -1.53. The van der Waals surface area contributed by atoms with Gasteiger partial charge in [0.25, 0.3) is 0 Å². The fraction of sp³-hybridized carbons (Fsp3) is 1.00. The molecule has 1 atom stereocenters. The summed E-state index contributed by atoms with van der Waals surface area (Å²) in [7, 11) is 0. The van der Waals surface area contributed by atoms with Crippen molar-refractivity contribution in [2.45, 2.75) is 11.8 Å². The topological polar surface area (TPSA) is 177 Å². The number of rotatable bonds is 8. The number of aliphatic hydroxyl groups is 3. The Kier molecular flexibility index (Phi) is 4.43. The van der Waals surface area contributed by atoms with Crippen molar-refractivity contribution in [1.82, 2.24) is 0 Å². The summed E-state index contributed by atoms with van der Waals surface area (Å²) >= 11 is 0. The lowest BCUT2D eigenvalue weighted by atomic mass is 10.2. The molecule has 0 fully saturated rings. The highest BCUT2D eigenvalue weighted by Crippen LogP contribution is 2.27. The Morgan fingerprint density at radius 3 is 1.60 bits per heavy atom. The SMILES string of the molecule is O=NOC(O)(CO)C(O)(ON=O)ON=O. The average Bonchev–Trinajstić information content (AvgIpc) is 2.18. The van der Waals surface area contributed by atoms with Gasteiger partial charge in [0.2, 0.25) is 0 Å². The van der Waals surface area contributed by atoms with Gasteiger partial charge >= 0.3 is 11.8 Å². The van der Waals surface area contributed by atoms with E-state index in [4.69, 9.17) is 15.3 Å². The lowest BCUT2D eigenvalue weighted by Crippen LogP contribution is -2.59. The molecule has 1 unspecified atom stereocenters. The molecule has 15 heavy (non-hydrogen) atoms. The van der Waals surface area contributed by atoms with Crippen LogP contribution in [0.3, 0.4) is 0 Å². The summed E-state index contributed by atoms with van der Waals surface area (Å²) < 4.78 is 0. The highest BCUT2D eigenvalue weighted by atomic mass is 17.0. The fourth-order valence-electron chi connectivity index (χ4n) is 0.508. The first kappa shape index (κ1) is 13.1. The van der Waals surface area contributed by atoms with Crippen LogP contribution in [-0.4, -0.2) is 33.7 Å². The quantitative estimate of drug-likeness (QED) is 0.250. The van der Waals surface area contributed by atoms with Gasteiger partial charge in [0, 0.05) is 0 Å². The van der Waals surface area contributed by atoms with Crippen LogP contribution in [0.5, 0.6) is 0 Å². The molecule has 0 aromatic heterocycles. The molecular formula is C3H5N3O9. The molecule has 0 heterocycles. The number of hydrogen-bond donors (Lipinski definition) is 3. The van der Waals surface area contributed by atoms with E-state index in [-0.39, 0.29) is 0 Å². The van der Waals surface area contributed by atoms with Crippen molar-refractivity contribution in [3.63, 3.8) is 0 Å². The molecule has 0 spiro atoms. The second kappa shape index (κ2) is 5.08. The predicted molar refractivity (Wildman–Crippen MR) is 37.6 cm³/mol. The van der Waals surface area contributed by atoms with E-state index in [2.05, 4.69) is 14.5 Å². The molecule has 0 radical (unpaired) electrons. The third-order valence-corrected chi connectivity index (χ3v) is 1.22. The van der Waals surface area contributed by atoms with E-state index in [1.54, 1.807) is 16.0 Å². The number of hydrogen-bond acceptors (Lipinski definition) is 12. The van der Waals surface area contributed by atoms with E-state index in [0.717, 1.165) is 0 Å². The Labute approximate surface area is 80.1 Å². The van der Waals surface area contributed by atoms with Crippen molar-refractivity contribution in [2.24, 2.45) is 16.0 Å². The van der Waals surface area contributed by atoms with Crippen LogP contribution in [0, 0.1) is 14.7 Å². The van der Waals surface area contributed by atoms with Gasteiger partial charge in [0.15, 0.2) is 16.0 Å². The molecule has 0 saturated carbocycles. The van der Waals surface area contributed by atoms with Crippen LogP contribution in [0.25, 0.3) is 0 Å². The summed E-state index contributed by atoms with van der Waals surface area (Å²) in [6.07, 6.45) is 0. The van der Waals surface area contributed by atoms with E-state index in [9.17, 15) is 14.7 Å². The first-order valence-corrected chi connectivity index (χ1v) is 3.07. The van der Waals surface area contributed by atoms with Crippen molar-refractivity contribution >= 4 is 0 Å². The molecule has 0 aromatic carbocycles. The number of nitrogens with zero attached hydrogens (tertiary/aromatic N) is 3. The first-order valence-electron chi connectivity index (χ1n) is 3.07. The Hall–Kier alpha value is -1.92. The third kappa shape index (κ3) is 2.52. The molecule has 0 amide bonds. The summed E-state index contributed by atoms with van der Waals surface area (Å²) in [5, 5.41) is 31.6. The molecule has 12 heteroatoms. The highest BCUT2D eigenvalue weighted by Gasteiger charge is 2.62. The Morgan fingerprint density at radius 2 is 1.33 bits per heavy atom. The van der Waals surface area contributed by atoms with Crippen LogP contribution < -0.4 is 0 Å². The Balaban J connectivity index is 5.05. The summed E-state index contributed by atoms with van der Waals surface area (Å²) in [5.41, 5.74) is 0. The van der Waals surface area contributed by atoms with Gasteiger partial charge in [-0.2, -0.15) is 0 Å². The van der Waals surface area contributed by atoms with Crippen LogP contribution in [-0.2, 0) is 14.5 Å². The first-order chi connectivity index (χ1) is 6.99. The van der Waals surface area contributed by atoms with Crippen LogP contribution >= 0.6 is 0 Å². The van der Waals surface area contributed by atoms with Crippen molar-refractivity contribution in [2.75, 3.05) is 6.61 Å². The summed E-state index contributed by atoms with van der Waals surface area (Å²) in [5.74, 6) is -6.96. The maximum atomic E-state index is 9.65. The van der Waals surface area contributed by atoms with E-state index in [0.29, 0.717) is 0 Å². The normalized spacial score (nSPS) is 14.6. The highest BCUT2D eigenvalue weighted by molar-refractivity contribution is 4.76. The maximum absolute atomic E-state index is 9.65. The van der Waals surface area contributed by atoms with Crippen molar-refractivity contribution < 1.29 is 29.8 Å². The van der Waals surface area contributed by atoms with Crippen molar-refractivity contribution in [3.05, 3.63) is 14.7 Å². The molecule has 0 aliphatic carbocycles. The van der Waals surface area contributed by atoms with Gasteiger partial charge in [-0.15, -0.1) is 14.7 Å². The molecule has 0 aliphatic heterocycles. The predicted octanol–water partition coefficient (Wildman–Crippen LogP) is -1.59. The number of aliphatic hydroxyl groups excluding tert-OH is 1. The fourth-order valence-corrected chi connectivity index (χ4v) is 0.508. The van der Waals surface area contributed by atoms with E-state index < -0.39 is 18.4 Å². The molecule has 0 bridgehead atoms. The van der Waals surface area contributed by atoms with Gasteiger partial charge in [-0.05, 0) is 0 Å². The molecular weight excluding hydrogens is 222 g/mol. The van der Waals surface area contributed by atoms with Gasteiger partial charge in [0.1, 0.15) is 6.61 Å². The van der Waals surface area contributed by atoms with Crippen molar-refractivity contribution in [1.29, 1.82) is 0 Å². The molecule has 3 N–H and O–H groups in total. The molecule has 0 aliphatic rings. The average molecular weight is 227 g/mol. The van der Waals surface area contributed by atoms with Crippen LogP contribution in [0.2, 0.25) is 0 Å². The lowest BCUT2D eigenvalue weighted by molar-refractivity contribution is -0.488. The smallest absolute Gasteiger partial charge is 0.389 e.